The summed E-state index contributed by atoms with van der Waals surface area (Å²) in [6, 6.07) is 3.78. The fourth-order valence-electron chi connectivity index (χ4n) is 1.31. The van der Waals surface area contributed by atoms with Gasteiger partial charge in [0, 0.05) is 16.6 Å². The van der Waals surface area contributed by atoms with Crippen molar-refractivity contribution in [2.24, 2.45) is 11.1 Å². The monoisotopic (exact) mass is 304 g/mol. The fraction of sp³-hybridized carbons (Fsp3) is 0.417. The number of sulfonamides is 1. The number of benzene rings is 1. The number of carbonyl (C=O) groups excluding carboxylic acids is 1. The molecule has 0 saturated carbocycles. The lowest BCUT2D eigenvalue weighted by Crippen LogP contribution is -2.36. The van der Waals surface area contributed by atoms with E-state index in [-0.39, 0.29) is 33.3 Å². The third kappa shape index (κ3) is 4.49. The zero-order chi connectivity index (χ0) is 14.8. The number of hydrogen-bond acceptors (Lipinski definition) is 3. The molecule has 1 rings (SSSR count). The van der Waals surface area contributed by atoms with Crippen LogP contribution in [0.2, 0.25) is 5.02 Å². The number of carbonyl (C=O) groups is 1. The van der Waals surface area contributed by atoms with Gasteiger partial charge in [0.2, 0.25) is 10.0 Å². The van der Waals surface area contributed by atoms with E-state index in [0.717, 1.165) is 0 Å². The summed E-state index contributed by atoms with van der Waals surface area (Å²) >= 11 is 5.80. The van der Waals surface area contributed by atoms with E-state index >= 15 is 0 Å². The quantitative estimate of drug-likeness (QED) is 0.888. The Labute approximate surface area is 118 Å². The van der Waals surface area contributed by atoms with Gasteiger partial charge < -0.3 is 5.32 Å². The minimum Gasteiger partial charge on any atom is -0.349 e. The first-order valence-electron chi connectivity index (χ1n) is 5.75. The van der Waals surface area contributed by atoms with Crippen molar-refractivity contribution in [2.75, 3.05) is 0 Å². The zero-order valence-corrected chi connectivity index (χ0v) is 12.5. The van der Waals surface area contributed by atoms with Gasteiger partial charge in [0.25, 0.3) is 5.91 Å². The molecule has 0 aliphatic heterocycles. The van der Waals surface area contributed by atoms with Gasteiger partial charge >= 0.3 is 0 Å². The second-order valence-corrected chi connectivity index (χ2v) is 6.72. The third-order valence-electron chi connectivity index (χ3n) is 2.82. The summed E-state index contributed by atoms with van der Waals surface area (Å²) in [5.41, 5.74) is 0.170. The molecule has 0 aliphatic carbocycles. The first-order chi connectivity index (χ1) is 8.61. The Hall–Kier alpha value is -1.11. The second kappa shape index (κ2) is 5.90. The van der Waals surface area contributed by atoms with Gasteiger partial charge in [-0.25, -0.2) is 13.6 Å². The summed E-state index contributed by atoms with van der Waals surface area (Å²) < 4.78 is 22.6. The molecule has 0 fully saturated rings. The minimum atomic E-state index is -3.89. The highest BCUT2D eigenvalue weighted by Gasteiger charge is 2.16. The molecule has 0 bridgehead atoms. The van der Waals surface area contributed by atoms with Gasteiger partial charge in [-0.2, -0.15) is 0 Å². The Balaban J connectivity index is 3.08. The molecule has 1 unspecified atom stereocenters. The van der Waals surface area contributed by atoms with Crippen LogP contribution in [0.25, 0.3) is 0 Å². The average Bonchev–Trinajstić information content (AvgIpc) is 2.26. The van der Waals surface area contributed by atoms with E-state index in [1.54, 1.807) is 0 Å². The van der Waals surface area contributed by atoms with Gasteiger partial charge in [-0.05, 0) is 31.0 Å². The molecule has 7 heteroatoms. The van der Waals surface area contributed by atoms with Gasteiger partial charge in [0.05, 0.1) is 4.90 Å². The van der Waals surface area contributed by atoms with Crippen molar-refractivity contribution >= 4 is 27.5 Å². The summed E-state index contributed by atoms with van der Waals surface area (Å²) in [5, 5.41) is 7.94. The number of halogens is 1. The van der Waals surface area contributed by atoms with Crippen LogP contribution in [0, 0.1) is 5.92 Å². The molecule has 1 atom stereocenters. The number of nitrogens with two attached hydrogens (primary N) is 1. The summed E-state index contributed by atoms with van der Waals surface area (Å²) in [4.78, 5) is 11.8. The summed E-state index contributed by atoms with van der Waals surface area (Å²) in [6.45, 7) is 5.81. The van der Waals surface area contributed by atoms with Crippen molar-refractivity contribution in [3.63, 3.8) is 0 Å². The Morgan fingerprint density at radius 3 is 2.32 bits per heavy atom. The van der Waals surface area contributed by atoms with Crippen LogP contribution < -0.4 is 10.5 Å². The largest absolute Gasteiger partial charge is 0.349 e. The number of nitrogens with one attached hydrogen (secondary N) is 1. The molecule has 5 nitrogen and oxygen atoms in total. The van der Waals surface area contributed by atoms with Crippen LogP contribution in [0.3, 0.4) is 0 Å². The van der Waals surface area contributed by atoms with Crippen LogP contribution >= 0.6 is 11.6 Å². The molecule has 0 aromatic heterocycles. The molecule has 1 aromatic carbocycles. The van der Waals surface area contributed by atoms with Crippen molar-refractivity contribution < 1.29 is 13.2 Å². The Bertz CT molecular complexity index is 585. The molecule has 0 saturated heterocycles. The fourth-order valence-corrected chi connectivity index (χ4v) is 2.20. The van der Waals surface area contributed by atoms with E-state index < -0.39 is 10.0 Å². The maximum Gasteiger partial charge on any atom is 0.251 e. The predicted molar refractivity (Wildman–Crippen MR) is 74.6 cm³/mol. The van der Waals surface area contributed by atoms with Gasteiger partial charge in [-0.15, -0.1) is 0 Å². The van der Waals surface area contributed by atoms with Crippen molar-refractivity contribution in [1.29, 1.82) is 0 Å². The molecule has 106 valence electrons. The van der Waals surface area contributed by atoms with Crippen molar-refractivity contribution in [1.82, 2.24) is 5.32 Å². The maximum absolute atomic E-state index is 12.0. The molecule has 1 amide bonds. The zero-order valence-electron chi connectivity index (χ0n) is 11.0. The van der Waals surface area contributed by atoms with E-state index in [0.29, 0.717) is 0 Å². The number of rotatable bonds is 4. The SMILES string of the molecule is CC(C)C(C)NC(=O)c1cc(Cl)cc(S(N)(=O)=O)c1. The smallest absolute Gasteiger partial charge is 0.251 e. The molecular formula is C12H17ClN2O3S. The number of primary sulfonamides is 1. The maximum atomic E-state index is 12.0. The topological polar surface area (TPSA) is 89.3 Å². The van der Waals surface area contributed by atoms with Crippen molar-refractivity contribution in [2.45, 2.75) is 31.7 Å². The van der Waals surface area contributed by atoms with Crippen molar-refractivity contribution in [3.8, 4) is 0 Å². The molecule has 1 aromatic rings. The Morgan fingerprint density at radius 1 is 1.26 bits per heavy atom. The Morgan fingerprint density at radius 2 is 1.84 bits per heavy atom. The van der Waals surface area contributed by atoms with E-state index in [1.807, 2.05) is 20.8 Å². The van der Waals surface area contributed by atoms with E-state index in [4.69, 9.17) is 16.7 Å². The van der Waals surface area contributed by atoms with E-state index in [2.05, 4.69) is 5.32 Å². The first-order valence-corrected chi connectivity index (χ1v) is 7.68. The number of amides is 1. The summed E-state index contributed by atoms with van der Waals surface area (Å²) in [7, 11) is -3.89. The summed E-state index contributed by atoms with van der Waals surface area (Å²) in [6.07, 6.45) is 0. The molecular weight excluding hydrogens is 288 g/mol. The standard InChI is InChI=1S/C12H17ClN2O3S/c1-7(2)8(3)15-12(16)9-4-10(13)6-11(5-9)19(14,17)18/h4-8H,1-3H3,(H,15,16)(H2,14,17,18). The van der Waals surface area contributed by atoms with E-state index in [9.17, 15) is 13.2 Å². The molecule has 19 heavy (non-hydrogen) atoms. The van der Waals surface area contributed by atoms with Gasteiger partial charge in [0.1, 0.15) is 0 Å². The van der Waals surface area contributed by atoms with Crippen LogP contribution in [-0.4, -0.2) is 20.4 Å². The third-order valence-corrected chi connectivity index (χ3v) is 3.93. The molecule has 0 radical (unpaired) electrons. The highest BCUT2D eigenvalue weighted by molar-refractivity contribution is 7.89. The van der Waals surface area contributed by atoms with Crippen LogP contribution in [0.1, 0.15) is 31.1 Å². The van der Waals surface area contributed by atoms with E-state index in [1.165, 1.54) is 18.2 Å². The predicted octanol–water partition coefficient (Wildman–Crippen LogP) is 1.76. The van der Waals surface area contributed by atoms with Crippen LogP contribution in [-0.2, 0) is 10.0 Å². The van der Waals surface area contributed by atoms with Gasteiger partial charge in [-0.1, -0.05) is 25.4 Å². The highest BCUT2D eigenvalue weighted by Crippen LogP contribution is 2.18. The average molecular weight is 305 g/mol. The number of hydrogen-bond donors (Lipinski definition) is 2. The molecule has 0 heterocycles. The van der Waals surface area contributed by atoms with Crippen LogP contribution in [0.4, 0.5) is 0 Å². The van der Waals surface area contributed by atoms with Crippen LogP contribution in [0.15, 0.2) is 23.1 Å². The normalized spacial score (nSPS) is 13.4. The Kier molecular flexibility index (Phi) is 4.95. The highest BCUT2D eigenvalue weighted by atomic mass is 35.5. The van der Waals surface area contributed by atoms with Crippen molar-refractivity contribution in [3.05, 3.63) is 28.8 Å². The molecule has 3 N–H and O–H groups in total. The lowest BCUT2D eigenvalue weighted by molar-refractivity contribution is 0.0930. The second-order valence-electron chi connectivity index (χ2n) is 4.73. The van der Waals surface area contributed by atoms with Gasteiger partial charge in [0.15, 0.2) is 0 Å². The van der Waals surface area contributed by atoms with Crippen LogP contribution in [0.5, 0.6) is 0 Å². The van der Waals surface area contributed by atoms with Gasteiger partial charge in [-0.3, -0.25) is 4.79 Å². The first kappa shape index (κ1) is 15.9. The lowest BCUT2D eigenvalue weighted by Gasteiger charge is -2.17. The molecule has 0 aliphatic rings. The minimum absolute atomic E-state index is 0.0376. The lowest BCUT2D eigenvalue weighted by atomic mass is 10.1. The molecule has 0 spiro atoms. The summed E-state index contributed by atoms with van der Waals surface area (Å²) in [5.74, 6) is -0.116.